The molecule has 0 aliphatic rings. The summed E-state index contributed by atoms with van der Waals surface area (Å²) in [4.78, 5) is 53.2. The Labute approximate surface area is 225 Å². The lowest BCUT2D eigenvalue weighted by atomic mass is 10.0. The van der Waals surface area contributed by atoms with E-state index in [2.05, 4.69) is 22.3 Å². The van der Waals surface area contributed by atoms with Crippen LogP contribution in [0.5, 0.6) is 0 Å². The Hall–Kier alpha value is -2.75. The van der Waals surface area contributed by atoms with E-state index in [9.17, 15) is 19.2 Å². The van der Waals surface area contributed by atoms with Gasteiger partial charge < -0.3 is 25.0 Å². The average molecular weight is 538 g/mol. The highest BCUT2D eigenvalue weighted by atomic mass is 32.2. The maximum Gasteiger partial charge on any atom is 0.408 e. The number of nitrogens with one attached hydrogen (secondary N) is 2. The molecule has 2 N–H and O–H groups in total. The van der Waals surface area contributed by atoms with E-state index in [0.717, 1.165) is 19.3 Å². The number of unbranched alkanes of at least 4 members (excludes halogenated alkanes) is 3. The van der Waals surface area contributed by atoms with Gasteiger partial charge in [-0.15, -0.1) is 0 Å². The fraction of sp³-hybridized carbons (Fsp3) is 0.630. The van der Waals surface area contributed by atoms with Gasteiger partial charge in [0.2, 0.25) is 11.8 Å². The largest absolute Gasteiger partial charge is 0.468 e. The topological polar surface area (TPSA) is 114 Å². The molecule has 0 aliphatic heterocycles. The lowest BCUT2D eigenvalue weighted by Crippen LogP contribution is -2.53. The SMILES string of the molecule is CCCCCCN(C(=O)C(CCSC)NC(=O)OC(C)(C)C)C(C(=O)NCC(=O)OC)c1ccccc1. The van der Waals surface area contributed by atoms with Crippen molar-refractivity contribution in [3.8, 4) is 0 Å². The van der Waals surface area contributed by atoms with Crippen molar-refractivity contribution in [2.45, 2.75) is 77.5 Å². The number of esters is 1. The number of hydrogen-bond donors (Lipinski definition) is 2. The molecule has 9 nitrogen and oxygen atoms in total. The van der Waals surface area contributed by atoms with Crippen molar-refractivity contribution in [1.82, 2.24) is 15.5 Å². The Bertz CT molecular complexity index is 859. The minimum atomic E-state index is -0.989. The van der Waals surface area contributed by atoms with Gasteiger partial charge in [0.15, 0.2) is 0 Å². The molecule has 0 bridgehead atoms. The summed E-state index contributed by atoms with van der Waals surface area (Å²) in [5, 5.41) is 5.32. The van der Waals surface area contributed by atoms with Gasteiger partial charge in [-0.05, 0) is 51.2 Å². The molecule has 1 rings (SSSR count). The van der Waals surface area contributed by atoms with Crippen LogP contribution in [0.1, 0.15) is 71.4 Å². The monoisotopic (exact) mass is 537 g/mol. The third kappa shape index (κ3) is 12.4. The summed E-state index contributed by atoms with van der Waals surface area (Å²) in [6.07, 6.45) is 5.20. The van der Waals surface area contributed by atoms with Crippen LogP contribution in [-0.2, 0) is 23.9 Å². The maximum absolute atomic E-state index is 14.0. The molecule has 0 aliphatic carbocycles. The molecular weight excluding hydrogens is 494 g/mol. The van der Waals surface area contributed by atoms with Crippen molar-refractivity contribution in [2.75, 3.05) is 32.2 Å². The van der Waals surface area contributed by atoms with Gasteiger partial charge in [0.05, 0.1) is 7.11 Å². The third-order valence-electron chi connectivity index (χ3n) is 5.45. The number of alkyl carbamates (subject to hydrolysis) is 1. The number of ether oxygens (including phenoxy) is 2. The summed E-state index contributed by atoms with van der Waals surface area (Å²) in [6.45, 7) is 7.35. The summed E-state index contributed by atoms with van der Waals surface area (Å²) >= 11 is 1.56. The van der Waals surface area contributed by atoms with Gasteiger partial charge in [0.25, 0.3) is 0 Å². The van der Waals surface area contributed by atoms with E-state index in [1.807, 2.05) is 12.3 Å². The zero-order valence-electron chi connectivity index (χ0n) is 23.0. The number of amides is 3. The second kappa shape index (κ2) is 16.9. The Kier molecular flexibility index (Phi) is 14.7. The standard InChI is InChI=1S/C27H43N3O6S/c1-7-8-9-13-17-30(25(33)21(16-18-37-6)29-26(34)36-27(2,3)4)23(20-14-11-10-12-15-20)24(32)28-19-22(31)35-5/h10-12,14-15,21,23H,7-9,13,16-19H2,1-6H3,(H,28,32)(H,29,34). The average Bonchev–Trinajstić information content (AvgIpc) is 2.85. The van der Waals surface area contributed by atoms with Crippen molar-refractivity contribution in [2.24, 2.45) is 0 Å². The Morgan fingerprint density at radius 1 is 1.05 bits per heavy atom. The summed E-state index contributed by atoms with van der Waals surface area (Å²) in [5.41, 5.74) is -0.119. The summed E-state index contributed by atoms with van der Waals surface area (Å²) in [6, 6.07) is 7.08. The number of benzene rings is 1. The molecule has 10 heteroatoms. The highest BCUT2D eigenvalue weighted by Crippen LogP contribution is 2.24. The van der Waals surface area contributed by atoms with Crippen molar-refractivity contribution in [3.05, 3.63) is 35.9 Å². The van der Waals surface area contributed by atoms with E-state index in [4.69, 9.17) is 4.74 Å². The van der Waals surface area contributed by atoms with E-state index in [1.54, 1.807) is 56.8 Å². The smallest absolute Gasteiger partial charge is 0.408 e. The van der Waals surface area contributed by atoms with E-state index in [-0.39, 0.29) is 12.5 Å². The predicted molar refractivity (Wildman–Crippen MR) is 146 cm³/mol. The van der Waals surface area contributed by atoms with Gasteiger partial charge in [-0.1, -0.05) is 56.5 Å². The number of rotatable bonds is 15. The normalized spacial score (nSPS) is 12.7. The summed E-state index contributed by atoms with van der Waals surface area (Å²) in [7, 11) is 1.24. The number of nitrogens with zero attached hydrogens (tertiary/aromatic N) is 1. The second-order valence-corrected chi connectivity index (χ2v) is 10.7. The molecule has 0 saturated heterocycles. The summed E-state index contributed by atoms with van der Waals surface area (Å²) < 4.78 is 10.1. The van der Waals surface area contributed by atoms with Gasteiger partial charge in [0, 0.05) is 6.54 Å². The zero-order chi connectivity index (χ0) is 27.8. The molecule has 1 aromatic carbocycles. The van der Waals surface area contributed by atoms with Crippen LogP contribution in [0, 0.1) is 0 Å². The first-order chi connectivity index (χ1) is 17.5. The fourth-order valence-corrected chi connectivity index (χ4v) is 4.13. The predicted octanol–water partition coefficient (Wildman–Crippen LogP) is 4.07. The first-order valence-corrected chi connectivity index (χ1v) is 14.1. The maximum atomic E-state index is 14.0. The quantitative estimate of drug-likeness (QED) is 0.256. The molecule has 3 amide bonds. The second-order valence-electron chi connectivity index (χ2n) is 9.68. The fourth-order valence-electron chi connectivity index (χ4n) is 3.65. The molecule has 208 valence electrons. The minimum absolute atomic E-state index is 0.315. The molecule has 0 spiro atoms. The minimum Gasteiger partial charge on any atom is -0.468 e. The van der Waals surface area contributed by atoms with E-state index in [0.29, 0.717) is 30.7 Å². The van der Waals surface area contributed by atoms with Crippen LogP contribution in [0.2, 0.25) is 0 Å². The van der Waals surface area contributed by atoms with E-state index in [1.165, 1.54) is 12.0 Å². The lowest BCUT2D eigenvalue weighted by molar-refractivity contribution is -0.144. The Morgan fingerprint density at radius 3 is 2.30 bits per heavy atom. The van der Waals surface area contributed by atoms with Crippen LogP contribution in [0.15, 0.2) is 30.3 Å². The van der Waals surface area contributed by atoms with Crippen LogP contribution >= 0.6 is 11.8 Å². The number of carbonyl (C=O) groups excluding carboxylic acids is 4. The third-order valence-corrected chi connectivity index (χ3v) is 6.09. The first kappa shape index (κ1) is 32.3. The Balaban J connectivity index is 3.38. The Morgan fingerprint density at radius 2 is 1.73 bits per heavy atom. The highest BCUT2D eigenvalue weighted by molar-refractivity contribution is 7.98. The van der Waals surface area contributed by atoms with Crippen LogP contribution in [0.25, 0.3) is 0 Å². The van der Waals surface area contributed by atoms with Crippen molar-refractivity contribution < 1.29 is 28.7 Å². The molecule has 0 saturated carbocycles. The molecule has 2 atom stereocenters. The number of thioether (sulfide) groups is 1. The van der Waals surface area contributed by atoms with Gasteiger partial charge in [0.1, 0.15) is 24.2 Å². The zero-order valence-corrected chi connectivity index (χ0v) is 23.8. The lowest BCUT2D eigenvalue weighted by Gasteiger charge is -2.34. The van der Waals surface area contributed by atoms with Gasteiger partial charge >= 0.3 is 12.1 Å². The van der Waals surface area contributed by atoms with Crippen LogP contribution < -0.4 is 10.6 Å². The van der Waals surface area contributed by atoms with Gasteiger partial charge in [-0.25, -0.2) is 4.79 Å². The highest BCUT2D eigenvalue weighted by Gasteiger charge is 2.36. The van der Waals surface area contributed by atoms with Crippen LogP contribution in [-0.4, -0.2) is 72.6 Å². The van der Waals surface area contributed by atoms with Crippen molar-refractivity contribution in [1.29, 1.82) is 0 Å². The first-order valence-electron chi connectivity index (χ1n) is 12.7. The molecule has 0 radical (unpaired) electrons. The van der Waals surface area contributed by atoms with Gasteiger partial charge in [-0.3, -0.25) is 14.4 Å². The van der Waals surface area contributed by atoms with Crippen molar-refractivity contribution >= 4 is 35.6 Å². The van der Waals surface area contributed by atoms with Crippen LogP contribution in [0.3, 0.4) is 0 Å². The molecular formula is C27H43N3O6S. The molecule has 0 fully saturated rings. The van der Waals surface area contributed by atoms with Gasteiger partial charge in [-0.2, -0.15) is 11.8 Å². The molecule has 1 aromatic rings. The number of carbonyl (C=O) groups is 4. The number of methoxy groups -OCH3 is 1. The number of hydrogen-bond acceptors (Lipinski definition) is 7. The molecule has 2 unspecified atom stereocenters. The van der Waals surface area contributed by atoms with E-state index >= 15 is 0 Å². The molecule has 0 aromatic heterocycles. The molecule has 0 heterocycles. The van der Waals surface area contributed by atoms with Crippen molar-refractivity contribution in [3.63, 3.8) is 0 Å². The summed E-state index contributed by atoms with van der Waals surface area (Å²) in [5.74, 6) is -0.842. The van der Waals surface area contributed by atoms with E-state index < -0.39 is 35.7 Å². The molecule has 37 heavy (non-hydrogen) atoms. The van der Waals surface area contributed by atoms with Crippen LogP contribution in [0.4, 0.5) is 4.79 Å².